The lowest BCUT2D eigenvalue weighted by molar-refractivity contribution is 0.568. The molecule has 0 saturated carbocycles. The molecule has 0 radical (unpaired) electrons. The largest absolute Gasteiger partial charge is 0.310 e. The van der Waals surface area contributed by atoms with Crippen LogP contribution in [0.15, 0.2) is 170 Å². The Hall–Kier alpha value is -7.16. The van der Waals surface area contributed by atoms with E-state index in [2.05, 4.69) is 304 Å². The summed E-state index contributed by atoms with van der Waals surface area (Å²) >= 11 is 0. The maximum Gasteiger partial charge on any atom is 0.0541 e. The molecule has 0 bridgehead atoms. The third kappa shape index (κ3) is 9.48. The van der Waals surface area contributed by atoms with Crippen molar-refractivity contribution >= 4 is 71.2 Å². The minimum Gasteiger partial charge on any atom is -0.310 e. The minimum absolute atomic E-state index is 0.0312. The highest BCUT2D eigenvalue weighted by Gasteiger charge is 2.29. The summed E-state index contributed by atoms with van der Waals surface area (Å²) in [5.41, 5.74) is 19.6. The number of rotatable bonds is 6. The molecule has 0 spiro atoms. The molecule has 1 aromatic heterocycles. The first kappa shape index (κ1) is 52.9. The number of para-hydroxylation sites is 2. The van der Waals surface area contributed by atoms with Gasteiger partial charge in [-0.1, -0.05) is 246 Å². The normalized spacial score (nSPS) is 13.3. The Balaban J connectivity index is 1.25. The fourth-order valence-electron chi connectivity index (χ4n) is 11.8. The Labute approximate surface area is 466 Å². The van der Waals surface area contributed by atoms with E-state index in [9.17, 15) is 0 Å². The molecule has 78 heavy (non-hydrogen) atoms. The van der Waals surface area contributed by atoms with E-state index < -0.39 is 0 Å². The van der Waals surface area contributed by atoms with Crippen LogP contribution < -0.4 is 4.90 Å². The van der Waals surface area contributed by atoms with Gasteiger partial charge in [-0.15, -0.1) is 0 Å². The lowest BCUT2D eigenvalue weighted by Gasteiger charge is -2.33. The van der Waals surface area contributed by atoms with Gasteiger partial charge in [0.25, 0.3) is 0 Å². The molecule has 396 valence electrons. The second-order valence-corrected chi connectivity index (χ2v) is 28.9. The molecular weight excluding hydrogens is 941 g/mol. The standard InChI is InChI=1S/C76H82N2/c1-71(2,3)53-35-49(36-54(43-53)72(4,5)6)51-39-57(75(13,14)15)45-59(41-51)77(60-42-52(40-58(46-60)76(16,17)18)50-37-55(73(7,8)9)44-56(38-50)74(10,11)12)67-33-29-47-28-32-64-68(34-30-48-27-31-63(67)69(47)70(48)64)78-65-25-21-19-23-61(65)62-24-20-22-26-66(62)78/h19-46H,1-18H3. The highest BCUT2D eigenvalue weighted by Crippen LogP contribution is 2.49. The molecule has 1 heterocycles. The van der Waals surface area contributed by atoms with Crippen LogP contribution in [0.5, 0.6) is 0 Å². The van der Waals surface area contributed by atoms with Crippen molar-refractivity contribution in [1.29, 1.82) is 0 Å². The Kier molecular flexibility index (Phi) is 12.3. The van der Waals surface area contributed by atoms with Gasteiger partial charge in [0.1, 0.15) is 0 Å². The monoisotopic (exact) mass is 1020 g/mol. The average Bonchev–Trinajstić information content (AvgIpc) is 3.89. The Morgan fingerprint density at radius 2 is 0.603 bits per heavy atom. The van der Waals surface area contributed by atoms with E-state index in [1.165, 1.54) is 115 Å². The molecule has 2 nitrogen and oxygen atoms in total. The summed E-state index contributed by atoms with van der Waals surface area (Å²) in [4.78, 5) is 2.62. The van der Waals surface area contributed by atoms with Crippen LogP contribution in [-0.2, 0) is 32.5 Å². The van der Waals surface area contributed by atoms with E-state index in [4.69, 9.17) is 0 Å². The van der Waals surface area contributed by atoms with Gasteiger partial charge in [-0.2, -0.15) is 0 Å². The first-order valence-electron chi connectivity index (χ1n) is 28.6. The van der Waals surface area contributed by atoms with Crippen molar-refractivity contribution in [3.05, 3.63) is 203 Å². The summed E-state index contributed by atoms with van der Waals surface area (Å²) in [5.74, 6) is 0. The number of benzene rings is 10. The molecule has 0 atom stereocenters. The van der Waals surface area contributed by atoms with Crippen molar-refractivity contribution < 1.29 is 0 Å². The maximum absolute atomic E-state index is 2.62. The summed E-state index contributed by atoms with van der Waals surface area (Å²) in [6, 6.07) is 66.3. The fourth-order valence-corrected chi connectivity index (χ4v) is 11.8. The lowest BCUT2D eigenvalue weighted by Crippen LogP contribution is -2.18. The molecule has 10 aromatic carbocycles. The molecule has 11 rings (SSSR count). The quantitative estimate of drug-likeness (QED) is 0.151. The summed E-state index contributed by atoms with van der Waals surface area (Å²) in [5, 5.41) is 10.1. The van der Waals surface area contributed by atoms with Crippen LogP contribution in [0.25, 0.3) is 82.1 Å². The Bertz CT molecular complexity index is 3880. The van der Waals surface area contributed by atoms with E-state index in [0.29, 0.717) is 0 Å². The average molecular weight is 1020 g/mol. The number of aromatic nitrogens is 1. The molecular formula is C76H82N2. The van der Waals surface area contributed by atoms with Crippen molar-refractivity contribution in [2.45, 2.75) is 157 Å². The molecule has 0 aliphatic heterocycles. The summed E-state index contributed by atoms with van der Waals surface area (Å²) in [7, 11) is 0. The Morgan fingerprint density at radius 1 is 0.282 bits per heavy atom. The number of anilines is 3. The van der Waals surface area contributed by atoms with Crippen molar-refractivity contribution in [3.8, 4) is 27.9 Å². The number of nitrogens with zero attached hydrogens (tertiary/aromatic N) is 2. The minimum atomic E-state index is -0.147. The number of hydrogen-bond acceptors (Lipinski definition) is 1. The van der Waals surface area contributed by atoms with Gasteiger partial charge >= 0.3 is 0 Å². The predicted octanol–water partition coefficient (Wildman–Crippen LogP) is 22.3. The third-order valence-corrected chi connectivity index (χ3v) is 16.8. The van der Waals surface area contributed by atoms with Gasteiger partial charge < -0.3 is 9.47 Å². The third-order valence-electron chi connectivity index (χ3n) is 16.8. The number of fused-ring (bicyclic) bond motifs is 3. The van der Waals surface area contributed by atoms with Crippen molar-refractivity contribution in [1.82, 2.24) is 4.57 Å². The summed E-state index contributed by atoms with van der Waals surface area (Å²) < 4.78 is 2.49. The summed E-state index contributed by atoms with van der Waals surface area (Å²) in [6.07, 6.45) is 0. The van der Waals surface area contributed by atoms with E-state index in [0.717, 1.165) is 17.1 Å². The molecule has 0 N–H and O–H groups in total. The van der Waals surface area contributed by atoms with Gasteiger partial charge in [-0.05, 0) is 158 Å². The maximum atomic E-state index is 2.62. The lowest BCUT2D eigenvalue weighted by atomic mass is 9.78. The molecule has 0 amide bonds. The highest BCUT2D eigenvalue weighted by atomic mass is 15.1. The smallest absolute Gasteiger partial charge is 0.0541 e. The zero-order chi connectivity index (χ0) is 55.8. The Morgan fingerprint density at radius 3 is 1.00 bits per heavy atom. The zero-order valence-electron chi connectivity index (χ0n) is 50.1. The molecule has 0 fully saturated rings. The first-order chi connectivity index (χ1) is 36.4. The van der Waals surface area contributed by atoms with Crippen molar-refractivity contribution in [3.63, 3.8) is 0 Å². The molecule has 0 aliphatic carbocycles. The van der Waals surface area contributed by atoms with Crippen LogP contribution in [0.2, 0.25) is 0 Å². The van der Waals surface area contributed by atoms with Gasteiger partial charge in [0, 0.05) is 32.9 Å². The highest BCUT2D eigenvalue weighted by molar-refractivity contribution is 6.27. The first-order valence-corrected chi connectivity index (χ1v) is 28.6. The van der Waals surface area contributed by atoms with Gasteiger partial charge in [0.15, 0.2) is 0 Å². The topological polar surface area (TPSA) is 8.17 Å². The van der Waals surface area contributed by atoms with Gasteiger partial charge in [0.05, 0.1) is 22.4 Å². The second-order valence-electron chi connectivity index (χ2n) is 28.9. The second kappa shape index (κ2) is 18.2. The van der Waals surface area contributed by atoms with Crippen molar-refractivity contribution in [2.75, 3.05) is 4.90 Å². The molecule has 0 saturated heterocycles. The van der Waals surface area contributed by atoms with Crippen LogP contribution >= 0.6 is 0 Å². The fraction of sp³-hybridized carbons (Fsp3) is 0.316. The van der Waals surface area contributed by atoms with Crippen LogP contribution in [0.3, 0.4) is 0 Å². The van der Waals surface area contributed by atoms with E-state index in [-0.39, 0.29) is 32.5 Å². The van der Waals surface area contributed by atoms with E-state index in [1.807, 2.05) is 0 Å². The van der Waals surface area contributed by atoms with Gasteiger partial charge in [0.2, 0.25) is 0 Å². The molecule has 11 aromatic rings. The summed E-state index contributed by atoms with van der Waals surface area (Å²) in [6.45, 7) is 42.3. The zero-order valence-corrected chi connectivity index (χ0v) is 50.1. The van der Waals surface area contributed by atoms with E-state index in [1.54, 1.807) is 0 Å². The van der Waals surface area contributed by atoms with Gasteiger partial charge in [-0.25, -0.2) is 0 Å². The van der Waals surface area contributed by atoms with Crippen LogP contribution in [0, 0.1) is 0 Å². The van der Waals surface area contributed by atoms with Gasteiger partial charge in [-0.3, -0.25) is 0 Å². The van der Waals surface area contributed by atoms with Crippen LogP contribution in [0.1, 0.15) is 158 Å². The molecule has 0 aliphatic rings. The van der Waals surface area contributed by atoms with Crippen LogP contribution in [-0.4, -0.2) is 4.57 Å². The number of hydrogen-bond donors (Lipinski definition) is 0. The van der Waals surface area contributed by atoms with Crippen molar-refractivity contribution in [2.24, 2.45) is 0 Å². The molecule has 2 heteroatoms. The SMILES string of the molecule is CC(C)(C)c1cc(-c2cc(C(C)(C)C)cc(C(C)(C)C)c2)cc(N(c2cc(-c3cc(C(C)(C)C)cc(C(C)(C)C)c3)cc(C(C)(C)C)c2)c2ccc3ccc4c(-n5c6ccccc6c6ccccc65)ccc5ccc2c3c54)c1. The van der Waals surface area contributed by atoms with E-state index >= 15 is 0 Å². The van der Waals surface area contributed by atoms with Crippen LogP contribution in [0.4, 0.5) is 17.1 Å². The molecule has 0 unspecified atom stereocenters. The predicted molar refractivity (Wildman–Crippen MR) is 342 cm³/mol.